The molecule has 0 bridgehead atoms. The Kier molecular flexibility index (Phi) is 5.75. The molecule has 28 heavy (non-hydrogen) atoms. The van der Waals surface area contributed by atoms with Gasteiger partial charge < -0.3 is 5.32 Å². The number of para-hydroxylation sites is 1. The lowest BCUT2D eigenvalue weighted by Gasteiger charge is -2.19. The van der Waals surface area contributed by atoms with Crippen LogP contribution in [0.25, 0.3) is 0 Å². The van der Waals surface area contributed by atoms with Gasteiger partial charge in [0.1, 0.15) is 0 Å². The van der Waals surface area contributed by atoms with Crippen molar-refractivity contribution in [1.29, 1.82) is 0 Å². The van der Waals surface area contributed by atoms with E-state index in [-0.39, 0.29) is 16.8 Å². The van der Waals surface area contributed by atoms with E-state index >= 15 is 0 Å². The summed E-state index contributed by atoms with van der Waals surface area (Å²) in [5.41, 5.74) is 1.89. The Hall–Kier alpha value is -3.19. The van der Waals surface area contributed by atoms with Crippen LogP contribution in [0, 0.1) is 0 Å². The predicted octanol–water partition coefficient (Wildman–Crippen LogP) is 3.40. The number of carbonyl (C=O) groups excluding carboxylic acids is 1. The molecule has 7 heteroatoms. The summed E-state index contributed by atoms with van der Waals surface area (Å²) in [6.07, 6.45) is 3.34. The van der Waals surface area contributed by atoms with E-state index < -0.39 is 10.0 Å². The summed E-state index contributed by atoms with van der Waals surface area (Å²) in [5, 5.41) is 2.89. The number of benzene rings is 2. The number of amides is 1. The molecule has 0 aliphatic carbocycles. The van der Waals surface area contributed by atoms with Gasteiger partial charge in [-0.15, -0.1) is 0 Å². The van der Waals surface area contributed by atoms with E-state index in [9.17, 15) is 13.2 Å². The molecule has 0 saturated carbocycles. The first kappa shape index (κ1) is 19.6. The Balaban J connectivity index is 1.75. The molecule has 0 fully saturated rings. The average Bonchev–Trinajstić information content (AvgIpc) is 2.74. The zero-order valence-electron chi connectivity index (χ0n) is 15.6. The molecule has 1 N–H and O–H groups in total. The molecule has 1 unspecified atom stereocenters. The van der Waals surface area contributed by atoms with E-state index in [1.165, 1.54) is 35.6 Å². The fraction of sp³-hybridized carbons (Fsp3) is 0.143. The van der Waals surface area contributed by atoms with Crippen LogP contribution < -0.4 is 9.62 Å². The van der Waals surface area contributed by atoms with Crippen LogP contribution in [0.1, 0.15) is 28.9 Å². The number of pyridine rings is 1. The Morgan fingerprint density at radius 3 is 2.18 bits per heavy atom. The lowest BCUT2D eigenvalue weighted by atomic mass is 10.1. The first-order valence-electron chi connectivity index (χ1n) is 8.74. The van der Waals surface area contributed by atoms with Crippen LogP contribution in [-0.4, -0.2) is 26.4 Å². The highest BCUT2D eigenvalue weighted by atomic mass is 32.2. The van der Waals surface area contributed by atoms with Crippen molar-refractivity contribution in [3.63, 3.8) is 0 Å². The minimum atomic E-state index is -3.71. The minimum absolute atomic E-state index is 0.123. The van der Waals surface area contributed by atoms with Crippen LogP contribution in [-0.2, 0) is 10.0 Å². The van der Waals surface area contributed by atoms with Crippen LogP contribution in [0.3, 0.4) is 0 Å². The zero-order chi connectivity index (χ0) is 20.1. The third-order valence-electron chi connectivity index (χ3n) is 4.45. The standard InChI is InChI=1S/C21H21N3O3S/c1-16(17-12-14-22-15-13-17)23-21(25)18-8-10-20(11-9-18)28(26,27)24(2)19-6-4-3-5-7-19/h3-16H,1-2H3,(H,23,25). The van der Waals surface area contributed by atoms with Crippen LogP contribution >= 0.6 is 0 Å². The van der Waals surface area contributed by atoms with Gasteiger partial charge in [-0.05, 0) is 61.0 Å². The molecule has 0 aliphatic rings. The van der Waals surface area contributed by atoms with Crippen molar-refractivity contribution in [3.8, 4) is 0 Å². The van der Waals surface area contributed by atoms with Gasteiger partial charge in [-0.1, -0.05) is 18.2 Å². The molecule has 0 saturated heterocycles. The van der Waals surface area contributed by atoms with Gasteiger partial charge in [0.15, 0.2) is 0 Å². The Bertz CT molecular complexity index is 1040. The van der Waals surface area contributed by atoms with Gasteiger partial charge in [0, 0.05) is 25.0 Å². The molecule has 1 amide bonds. The Labute approximate surface area is 164 Å². The predicted molar refractivity (Wildman–Crippen MR) is 109 cm³/mol. The maximum absolute atomic E-state index is 12.8. The molecule has 6 nitrogen and oxygen atoms in total. The number of nitrogens with one attached hydrogen (secondary N) is 1. The maximum atomic E-state index is 12.8. The smallest absolute Gasteiger partial charge is 0.264 e. The third-order valence-corrected chi connectivity index (χ3v) is 6.25. The number of rotatable bonds is 6. The van der Waals surface area contributed by atoms with Crippen molar-refractivity contribution in [1.82, 2.24) is 10.3 Å². The van der Waals surface area contributed by atoms with E-state index in [4.69, 9.17) is 0 Å². The van der Waals surface area contributed by atoms with Crippen LogP contribution in [0.2, 0.25) is 0 Å². The third kappa shape index (κ3) is 4.20. The van der Waals surface area contributed by atoms with Gasteiger partial charge in [-0.25, -0.2) is 8.42 Å². The Morgan fingerprint density at radius 2 is 1.57 bits per heavy atom. The molecule has 144 valence electrons. The highest BCUT2D eigenvalue weighted by Gasteiger charge is 2.21. The maximum Gasteiger partial charge on any atom is 0.264 e. The SMILES string of the molecule is CC(NC(=O)c1ccc(S(=O)(=O)N(C)c2ccccc2)cc1)c1ccncc1. The number of anilines is 1. The Morgan fingerprint density at radius 1 is 0.964 bits per heavy atom. The van der Waals surface area contributed by atoms with Crippen LogP contribution in [0.5, 0.6) is 0 Å². The lowest BCUT2D eigenvalue weighted by Crippen LogP contribution is -2.28. The number of hydrogen-bond acceptors (Lipinski definition) is 4. The molecule has 1 atom stereocenters. The van der Waals surface area contributed by atoms with Gasteiger partial charge in [-0.2, -0.15) is 0 Å². The number of hydrogen-bond donors (Lipinski definition) is 1. The molecule has 3 rings (SSSR count). The molecule has 2 aromatic carbocycles. The first-order valence-corrected chi connectivity index (χ1v) is 10.2. The van der Waals surface area contributed by atoms with Gasteiger partial charge in [0.25, 0.3) is 15.9 Å². The molecular weight excluding hydrogens is 374 g/mol. The molecular formula is C21H21N3O3S. The van der Waals surface area contributed by atoms with Crippen molar-refractivity contribution >= 4 is 21.6 Å². The highest BCUT2D eigenvalue weighted by molar-refractivity contribution is 7.92. The average molecular weight is 395 g/mol. The van der Waals surface area contributed by atoms with Crippen molar-refractivity contribution in [3.05, 3.63) is 90.3 Å². The van der Waals surface area contributed by atoms with E-state index in [2.05, 4.69) is 10.3 Å². The van der Waals surface area contributed by atoms with Crippen molar-refractivity contribution in [2.24, 2.45) is 0 Å². The second-order valence-electron chi connectivity index (χ2n) is 6.31. The largest absolute Gasteiger partial charge is 0.346 e. The summed E-state index contributed by atoms with van der Waals surface area (Å²) in [4.78, 5) is 16.5. The van der Waals surface area contributed by atoms with E-state index in [1.807, 2.05) is 25.1 Å². The van der Waals surface area contributed by atoms with Crippen molar-refractivity contribution in [2.45, 2.75) is 17.9 Å². The quantitative estimate of drug-likeness (QED) is 0.694. The topological polar surface area (TPSA) is 79.4 Å². The molecule has 0 aliphatic heterocycles. The molecule has 0 radical (unpaired) electrons. The summed E-state index contributed by atoms with van der Waals surface area (Å²) in [5.74, 6) is -0.273. The normalized spacial score (nSPS) is 12.2. The van der Waals surface area contributed by atoms with Crippen LogP contribution in [0.15, 0.2) is 84.0 Å². The van der Waals surface area contributed by atoms with Gasteiger partial charge in [0.05, 0.1) is 16.6 Å². The van der Waals surface area contributed by atoms with E-state index in [1.54, 1.807) is 36.7 Å². The van der Waals surface area contributed by atoms with Crippen molar-refractivity contribution < 1.29 is 13.2 Å². The molecule has 1 heterocycles. The van der Waals surface area contributed by atoms with Crippen molar-refractivity contribution in [2.75, 3.05) is 11.4 Å². The van der Waals surface area contributed by atoms with Gasteiger partial charge >= 0.3 is 0 Å². The second kappa shape index (κ2) is 8.22. The minimum Gasteiger partial charge on any atom is -0.346 e. The summed E-state index contributed by atoms with van der Waals surface area (Å²) in [6.45, 7) is 1.88. The summed E-state index contributed by atoms with van der Waals surface area (Å²) >= 11 is 0. The summed E-state index contributed by atoms with van der Waals surface area (Å²) in [6, 6.07) is 18.2. The summed E-state index contributed by atoms with van der Waals surface area (Å²) < 4.78 is 26.8. The molecule has 1 aromatic heterocycles. The van der Waals surface area contributed by atoms with Crippen LogP contribution in [0.4, 0.5) is 5.69 Å². The zero-order valence-corrected chi connectivity index (χ0v) is 16.4. The number of aromatic nitrogens is 1. The number of carbonyl (C=O) groups is 1. The van der Waals surface area contributed by atoms with Gasteiger partial charge in [0.2, 0.25) is 0 Å². The highest BCUT2D eigenvalue weighted by Crippen LogP contribution is 2.22. The molecule has 0 spiro atoms. The summed E-state index contributed by atoms with van der Waals surface area (Å²) in [7, 11) is -2.20. The van der Waals surface area contributed by atoms with E-state index in [0.717, 1.165) is 5.56 Å². The molecule has 3 aromatic rings. The second-order valence-corrected chi connectivity index (χ2v) is 8.28. The lowest BCUT2D eigenvalue weighted by molar-refractivity contribution is 0.0939. The van der Waals surface area contributed by atoms with E-state index in [0.29, 0.717) is 11.3 Å². The number of sulfonamides is 1. The monoisotopic (exact) mass is 395 g/mol. The fourth-order valence-electron chi connectivity index (χ4n) is 2.73. The number of nitrogens with zero attached hydrogens (tertiary/aromatic N) is 2. The van der Waals surface area contributed by atoms with Gasteiger partial charge in [-0.3, -0.25) is 14.1 Å². The first-order chi connectivity index (χ1) is 13.4. The fourth-order valence-corrected chi connectivity index (χ4v) is 3.92.